The van der Waals surface area contributed by atoms with Crippen LogP contribution in [-0.2, 0) is 16.3 Å². The standard InChI is InChI=1S/C18H21NO3S/c1-23(21,22)16-9-7-15(8-10-16)18(20)17-13-19(17)12-11-14-5-3-2-4-6-14/h2-10,17-18,20H,11-13H2,1H3/t17?,18-,19-/m1/s1. The Balaban J connectivity index is 1.56. The molecule has 3 atom stereocenters. The van der Waals surface area contributed by atoms with Crippen LogP contribution in [0.2, 0.25) is 0 Å². The fraction of sp³-hybridized carbons (Fsp3) is 0.333. The lowest BCUT2D eigenvalue weighted by atomic mass is 10.1. The first kappa shape index (κ1) is 16.2. The Bertz CT molecular complexity index is 757. The van der Waals surface area contributed by atoms with Gasteiger partial charge in [0.25, 0.3) is 0 Å². The minimum Gasteiger partial charge on any atom is -0.387 e. The molecule has 1 aliphatic rings. The first-order valence-electron chi connectivity index (χ1n) is 7.71. The van der Waals surface area contributed by atoms with E-state index >= 15 is 0 Å². The number of hydrogen-bond acceptors (Lipinski definition) is 4. The van der Waals surface area contributed by atoms with Gasteiger partial charge in [-0.15, -0.1) is 0 Å². The zero-order chi connectivity index (χ0) is 16.4. The third-order valence-corrected chi connectivity index (χ3v) is 5.43. The highest BCUT2D eigenvalue weighted by Crippen LogP contribution is 2.31. The van der Waals surface area contributed by atoms with Crippen LogP contribution in [0.3, 0.4) is 0 Å². The van der Waals surface area contributed by atoms with E-state index in [0.29, 0.717) is 0 Å². The summed E-state index contributed by atoms with van der Waals surface area (Å²) >= 11 is 0. The summed E-state index contributed by atoms with van der Waals surface area (Å²) in [5, 5.41) is 10.4. The second kappa shape index (κ2) is 6.43. The minimum absolute atomic E-state index is 0.128. The highest BCUT2D eigenvalue weighted by atomic mass is 32.2. The van der Waals surface area contributed by atoms with E-state index in [2.05, 4.69) is 17.0 Å². The molecule has 0 aliphatic carbocycles. The van der Waals surface area contributed by atoms with E-state index in [4.69, 9.17) is 0 Å². The van der Waals surface area contributed by atoms with Crippen LogP contribution in [0.15, 0.2) is 59.5 Å². The Morgan fingerprint density at radius 2 is 1.78 bits per heavy atom. The van der Waals surface area contributed by atoms with Gasteiger partial charge in [0.1, 0.15) is 0 Å². The molecule has 0 bridgehead atoms. The van der Waals surface area contributed by atoms with Gasteiger partial charge in [-0.3, -0.25) is 4.90 Å². The summed E-state index contributed by atoms with van der Waals surface area (Å²) in [5.41, 5.74) is 2.06. The van der Waals surface area contributed by atoms with Crippen LogP contribution >= 0.6 is 0 Å². The van der Waals surface area contributed by atoms with Gasteiger partial charge < -0.3 is 5.11 Å². The van der Waals surface area contributed by atoms with Gasteiger partial charge in [0.15, 0.2) is 9.84 Å². The molecule has 5 heteroatoms. The molecule has 2 aromatic rings. The van der Waals surface area contributed by atoms with Gasteiger partial charge in [0.05, 0.1) is 17.0 Å². The molecule has 0 spiro atoms. The highest BCUT2D eigenvalue weighted by Gasteiger charge is 2.39. The maximum absolute atomic E-state index is 11.5. The zero-order valence-corrected chi connectivity index (χ0v) is 13.9. The molecule has 122 valence electrons. The summed E-state index contributed by atoms with van der Waals surface area (Å²) in [5.74, 6) is 0. The van der Waals surface area contributed by atoms with E-state index in [1.54, 1.807) is 24.3 Å². The second-order valence-corrected chi connectivity index (χ2v) is 8.10. The summed E-state index contributed by atoms with van der Waals surface area (Å²) in [7, 11) is -3.19. The quantitative estimate of drug-likeness (QED) is 0.823. The largest absolute Gasteiger partial charge is 0.387 e. The number of nitrogens with zero attached hydrogens (tertiary/aromatic N) is 1. The van der Waals surface area contributed by atoms with E-state index in [1.165, 1.54) is 11.8 Å². The molecule has 1 aliphatic heterocycles. The molecular weight excluding hydrogens is 310 g/mol. The summed E-state index contributed by atoms with van der Waals surface area (Å²) in [6, 6.07) is 17.0. The van der Waals surface area contributed by atoms with E-state index in [9.17, 15) is 13.5 Å². The van der Waals surface area contributed by atoms with Crippen LogP contribution in [0.1, 0.15) is 17.2 Å². The molecule has 0 radical (unpaired) electrons. The van der Waals surface area contributed by atoms with Crippen molar-refractivity contribution in [3.05, 3.63) is 65.7 Å². The fourth-order valence-electron chi connectivity index (χ4n) is 2.80. The van der Waals surface area contributed by atoms with Crippen LogP contribution in [0, 0.1) is 0 Å². The molecule has 1 unspecified atom stereocenters. The van der Waals surface area contributed by atoms with Crippen LogP contribution in [0.4, 0.5) is 0 Å². The van der Waals surface area contributed by atoms with Gasteiger partial charge in [-0.05, 0) is 29.7 Å². The van der Waals surface area contributed by atoms with Gasteiger partial charge >= 0.3 is 0 Å². The SMILES string of the molecule is CS(=O)(=O)c1ccc([C@@H](O)C2C[N@@]2CCc2ccccc2)cc1. The van der Waals surface area contributed by atoms with Crippen molar-refractivity contribution in [1.29, 1.82) is 0 Å². The van der Waals surface area contributed by atoms with Crippen molar-refractivity contribution < 1.29 is 13.5 Å². The summed E-state index contributed by atoms with van der Waals surface area (Å²) in [6.07, 6.45) is 1.58. The average molecular weight is 331 g/mol. The molecule has 4 nitrogen and oxygen atoms in total. The first-order valence-corrected chi connectivity index (χ1v) is 9.60. The van der Waals surface area contributed by atoms with Crippen molar-refractivity contribution in [3.8, 4) is 0 Å². The highest BCUT2D eigenvalue weighted by molar-refractivity contribution is 7.90. The molecule has 1 N–H and O–H groups in total. The predicted molar refractivity (Wildman–Crippen MR) is 90.0 cm³/mol. The summed E-state index contributed by atoms with van der Waals surface area (Å²) < 4.78 is 22.9. The lowest BCUT2D eigenvalue weighted by Crippen LogP contribution is -2.14. The van der Waals surface area contributed by atoms with Crippen LogP contribution in [0.25, 0.3) is 0 Å². The Morgan fingerprint density at radius 3 is 2.39 bits per heavy atom. The molecule has 0 saturated carbocycles. The summed E-state index contributed by atoms with van der Waals surface area (Å²) in [4.78, 5) is 2.52. The van der Waals surface area contributed by atoms with Crippen molar-refractivity contribution in [2.24, 2.45) is 0 Å². The predicted octanol–water partition coefficient (Wildman–Crippen LogP) is 2.05. The van der Waals surface area contributed by atoms with E-state index in [-0.39, 0.29) is 10.9 Å². The molecule has 23 heavy (non-hydrogen) atoms. The Hall–Kier alpha value is -1.69. The normalized spacial score (nSPS) is 21.8. The van der Waals surface area contributed by atoms with Gasteiger partial charge in [0.2, 0.25) is 0 Å². The number of benzene rings is 2. The third kappa shape index (κ3) is 3.99. The topological polar surface area (TPSA) is 57.4 Å². The monoisotopic (exact) mass is 331 g/mol. The maximum atomic E-state index is 11.5. The third-order valence-electron chi connectivity index (χ3n) is 4.30. The fourth-order valence-corrected chi connectivity index (χ4v) is 3.43. The molecule has 1 saturated heterocycles. The van der Waals surface area contributed by atoms with Gasteiger partial charge in [-0.25, -0.2) is 8.42 Å². The number of aliphatic hydroxyl groups is 1. The number of sulfone groups is 1. The summed E-state index contributed by atoms with van der Waals surface area (Å²) in [6.45, 7) is 1.80. The molecule has 0 aromatic heterocycles. The van der Waals surface area contributed by atoms with Crippen LogP contribution < -0.4 is 0 Å². The Kier molecular flexibility index (Phi) is 4.53. The zero-order valence-electron chi connectivity index (χ0n) is 13.1. The molecule has 3 rings (SSSR count). The Morgan fingerprint density at radius 1 is 1.13 bits per heavy atom. The lowest BCUT2D eigenvalue weighted by molar-refractivity contribution is 0.158. The van der Waals surface area contributed by atoms with Crippen LogP contribution in [-0.4, -0.2) is 43.8 Å². The number of aliphatic hydroxyl groups excluding tert-OH is 1. The minimum atomic E-state index is -3.19. The Labute approximate surface area is 137 Å². The van der Waals surface area contributed by atoms with Crippen LogP contribution in [0.5, 0.6) is 0 Å². The molecular formula is C18H21NO3S. The van der Waals surface area contributed by atoms with Crippen molar-refractivity contribution in [3.63, 3.8) is 0 Å². The van der Waals surface area contributed by atoms with Gasteiger partial charge in [0, 0.05) is 19.3 Å². The van der Waals surface area contributed by atoms with Crippen molar-refractivity contribution in [2.75, 3.05) is 19.3 Å². The van der Waals surface area contributed by atoms with Crippen molar-refractivity contribution in [1.82, 2.24) is 4.90 Å². The smallest absolute Gasteiger partial charge is 0.175 e. The first-order chi connectivity index (χ1) is 10.9. The van der Waals surface area contributed by atoms with E-state index < -0.39 is 15.9 Å². The second-order valence-electron chi connectivity index (χ2n) is 6.08. The van der Waals surface area contributed by atoms with E-state index in [1.807, 2.05) is 18.2 Å². The van der Waals surface area contributed by atoms with Crippen molar-refractivity contribution >= 4 is 9.84 Å². The molecule has 2 aromatic carbocycles. The average Bonchev–Trinajstić information content (AvgIpc) is 3.32. The number of hydrogen-bond donors (Lipinski definition) is 1. The van der Waals surface area contributed by atoms with E-state index in [0.717, 1.165) is 25.1 Å². The molecule has 0 amide bonds. The maximum Gasteiger partial charge on any atom is 0.175 e. The van der Waals surface area contributed by atoms with Gasteiger partial charge in [-0.2, -0.15) is 0 Å². The lowest BCUT2D eigenvalue weighted by Gasteiger charge is -2.12. The molecule has 1 heterocycles. The number of rotatable bonds is 6. The van der Waals surface area contributed by atoms with Crippen molar-refractivity contribution in [2.45, 2.75) is 23.5 Å². The molecule has 1 fully saturated rings. The van der Waals surface area contributed by atoms with Gasteiger partial charge in [-0.1, -0.05) is 42.5 Å².